The molecular weight excluding hydrogens is 225 g/mol. The van der Waals surface area contributed by atoms with Gasteiger partial charge in [-0.2, -0.15) is 13.2 Å². The van der Waals surface area contributed by atoms with Gasteiger partial charge in [-0.3, -0.25) is 0 Å². The van der Waals surface area contributed by atoms with Crippen LogP contribution >= 0.6 is 0 Å². The van der Waals surface area contributed by atoms with Crippen LogP contribution < -0.4 is 0 Å². The van der Waals surface area contributed by atoms with Crippen molar-refractivity contribution >= 4 is 0 Å². The number of halogens is 3. The molecule has 0 aliphatic heterocycles. The van der Waals surface area contributed by atoms with E-state index in [1.807, 2.05) is 20.8 Å². The lowest BCUT2D eigenvalue weighted by Crippen LogP contribution is -2.17. The number of alkyl halides is 3. The molecule has 0 aliphatic rings. The van der Waals surface area contributed by atoms with Gasteiger partial charge < -0.3 is 0 Å². The van der Waals surface area contributed by atoms with Crippen LogP contribution in [0, 0.1) is 17.8 Å². The highest BCUT2D eigenvalue weighted by Crippen LogP contribution is 2.36. The first-order valence-corrected chi connectivity index (χ1v) is 5.33. The topological polar surface area (TPSA) is 0 Å². The molecule has 17 heavy (non-hydrogen) atoms. The number of benzene rings is 1. The van der Waals surface area contributed by atoms with Gasteiger partial charge in [-0.1, -0.05) is 25.0 Å². The van der Waals surface area contributed by atoms with Crippen molar-refractivity contribution in [3.63, 3.8) is 0 Å². The summed E-state index contributed by atoms with van der Waals surface area (Å²) < 4.78 is 37.2. The van der Waals surface area contributed by atoms with Gasteiger partial charge in [-0.05, 0) is 37.5 Å². The lowest BCUT2D eigenvalue weighted by Gasteiger charge is -2.26. The average molecular weight is 240 g/mol. The van der Waals surface area contributed by atoms with E-state index in [9.17, 15) is 13.2 Å². The van der Waals surface area contributed by atoms with Gasteiger partial charge in [0, 0.05) is 5.41 Å². The Hall–Kier alpha value is -1.43. The maximum atomic E-state index is 12.4. The van der Waals surface area contributed by atoms with Crippen molar-refractivity contribution in [2.45, 2.75) is 32.9 Å². The maximum absolute atomic E-state index is 12.4. The molecule has 1 aromatic carbocycles. The van der Waals surface area contributed by atoms with Crippen LogP contribution in [0.5, 0.6) is 0 Å². The minimum Gasteiger partial charge on any atom is -0.166 e. The number of hydrogen-bond donors (Lipinski definition) is 0. The molecule has 3 heteroatoms. The second-order valence-corrected chi connectivity index (χ2v) is 4.71. The summed E-state index contributed by atoms with van der Waals surface area (Å²) in [5.41, 5.74) is -0.187. The molecule has 0 radical (unpaired) electrons. The number of terminal acetylenes is 1. The van der Waals surface area contributed by atoms with E-state index in [2.05, 4.69) is 5.92 Å². The van der Waals surface area contributed by atoms with Gasteiger partial charge in [0.15, 0.2) is 0 Å². The molecule has 1 rings (SSSR count). The fourth-order valence-electron chi connectivity index (χ4n) is 1.50. The van der Waals surface area contributed by atoms with E-state index in [-0.39, 0.29) is 11.3 Å². The Morgan fingerprint density at radius 3 is 1.94 bits per heavy atom. The van der Waals surface area contributed by atoms with Crippen molar-refractivity contribution in [1.29, 1.82) is 0 Å². The summed E-state index contributed by atoms with van der Waals surface area (Å²) >= 11 is 0. The van der Waals surface area contributed by atoms with E-state index < -0.39 is 11.7 Å². The Labute approximate surface area is 99.8 Å². The smallest absolute Gasteiger partial charge is 0.166 e. The normalized spacial score (nSPS) is 14.2. The zero-order chi connectivity index (χ0) is 13.3. The van der Waals surface area contributed by atoms with Crippen molar-refractivity contribution in [2.24, 2.45) is 5.41 Å². The number of rotatable bonds is 2. The summed E-state index contributed by atoms with van der Waals surface area (Å²) in [6, 6.07) is 5.18. The Morgan fingerprint density at radius 1 is 1.12 bits per heavy atom. The van der Waals surface area contributed by atoms with Crippen LogP contribution in [0.1, 0.15) is 37.8 Å². The third kappa shape index (κ3) is 3.03. The third-order valence-electron chi connectivity index (χ3n) is 3.19. The quantitative estimate of drug-likeness (QED) is 0.669. The summed E-state index contributed by atoms with van der Waals surface area (Å²) in [6.07, 6.45) is 1.13. The summed E-state index contributed by atoms with van der Waals surface area (Å²) in [6.45, 7) is 5.72. The first-order chi connectivity index (χ1) is 7.68. The average Bonchev–Trinajstić information content (AvgIpc) is 2.27. The van der Waals surface area contributed by atoms with Gasteiger partial charge in [-0.25, -0.2) is 0 Å². The molecule has 0 saturated heterocycles. The largest absolute Gasteiger partial charge is 0.416 e. The van der Waals surface area contributed by atoms with Gasteiger partial charge in [-0.15, -0.1) is 6.42 Å². The van der Waals surface area contributed by atoms with Gasteiger partial charge in [0.05, 0.1) is 5.56 Å². The summed E-state index contributed by atoms with van der Waals surface area (Å²) in [4.78, 5) is 0. The fourth-order valence-corrected chi connectivity index (χ4v) is 1.50. The fraction of sp³-hybridized carbons (Fsp3) is 0.429. The van der Waals surface area contributed by atoms with Crippen LogP contribution in [0.4, 0.5) is 13.2 Å². The first kappa shape index (κ1) is 13.6. The van der Waals surface area contributed by atoms with Crippen LogP contribution in [0.15, 0.2) is 24.3 Å². The van der Waals surface area contributed by atoms with E-state index in [1.165, 1.54) is 12.1 Å². The molecule has 0 spiro atoms. The van der Waals surface area contributed by atoms with E-state index in [1.54, 1.807) is 0 Å². The number of hydrogen-bond acceptors (Lipinski definition) is 0. The highest BCUT2D eigenvalue weighted by Gasteiger charge is 2.31. The van der Waals surface area contributed by atoms with E-state index in [0.29, 0.717) is 0 Å². The Balaban J connectivity index is 3.01. The molecule has 0 saturated carbocycles. The molecule has 0 heterocycles. The molecular formula is C14H15F3. The summed E-state index contributed by atoms with van der Waals surface area (Å²) in [7, 11) is 0. The van der Waals surface area contributed by atoms with Crippen LogP contribution in [0.2, 0.25) is 0 Å². The van der Waals surface area contributed by atoms with Gasteiger partial charge in [0.1, 0.15) is 0 Å². The lowest BCUT2D eigenvalue weighted by molar-refractivity contribution is -0.137. The zero-order valence-corrected chi connectivity index (χ0v) is 10.1. The Bertz CT molecular complexity index is 418. The van der Waals surface area contributed by atoms with E-state index >= 15 is 0 Å². The molecule has 1 unspecified atom stereocenters. The van der Waals surface area contributed by atoms with Crippen LogP contribution in [-0.4, -0.2) is 0 Å². The standard InChI is InChI=1S/C14H15F3/c1-5-13(3,4)10(2)11-6-8-12(9-7-11)14(15,16)17/h1,6-10H,2-4H3. The van der Waals surface area contributed by atoms with Crippen LogP contribution in [0.25, 0.3) is 0 Å². The Morgan fingerprint density at radius 2 is 1.59 bits per heavy atom. The monoisotopic (exact) mass is 240 g/mol. The second kappa shape index (κ2) is 4.44. The van der Waals surface area contributed by atoms with Crippen molar-refractivity contribution in [3.05, 3.63) is 35.4 Å². The van der Waals surface area contributed by atoms with E-state index in [4.69, 9.17) is 6.42 Å². The molecule has 0 aliphatic carbocycles. The molecule has 0 N–H and O–H groups in total. The molecule has 0 fully saturated rings. The van der Waals surface area contributed by atoms with Crippen molar-refractivity contribution in [2.75, 3.05) is 0 Å². The van der Waals surface area contributed by atoms with Gasteiger partial charge in [0.2, 0.25) is 0 Å². The molecule has 92 valence electrons. The minimum absolute atomic E-state index is 0.00906. The molecule has 0 nitrogen and oxygen atoms in total. The summed E-state index contributed by atoms with van der Waals surface area (Å²) in [5, 5.41) is 0. The predicted octanol–water partition coefficient (Wildman–Crippen LogP) is 4.47. The molecule has 1 aromatic rings. The van der Waals surface area contributed by atoms with Crippen molar-refractivity contribution in [3.8, 4) is 12.3 Å². The SMILES string of the molecule is C#CC(C)(C)C(C)c1ccc(C(F)(F)F)cc1. The van der Waals surface area contributed by atoms with Crippen LogP contribution in [-0.2, 0) is 6.18 Å². The lowest BCUT2D eigenvalue weighted by atomic mass is 9.77. The molecule has 1 atom stereocenters. The van der Waals surface area contributed by atoms with Crippen LogP contribution in [0.3, 0.4) is 0 Å². The summed E-state index contributed by atoms with van der Waals surface area (Å²) in [5.74, 6) is 2.67. The second-order valence-electron chi connectivity index (χ2n) is 4.71. The predicted molar refractivity (Wildman–Crippen MR) is 62.5 cm³/mol. The van der Waals surface area contributed by atoms with Gasteiger partial charge in [0.25, 0.3) is 0 Å². The molecule has 0 bridgehead atoms. The van der Waals surface area contributed by atoms with Crippen molar-refractivity contribution in [1.82, 2.24) is 0 Å². The van der Waals surface area contributed by atoms with E-state index in [0.717, 1.165) is 17.7 Å². The Kier molecular flexibility index (Phi) is 3.56. The van der Waals surface area contributed by atoms with Gasteiger partial charge >= 0.3 is 6.18 Å². The minimum atomic E-state index is -4.29. The highest BCUT2D eigenvalue weighted by molar-refractivity contribution is 5.29. The van der Waals surface area contributed by atoms with Crippen molar-refractivity contribution < 1.29 is 13.2 Å². The first-order valence-electron chi connectivity index (χ1n) is 5.33. The molecule has 0 aromatic heterocycles. The third-order valence-corrected chi connectivity index (χ3v) is 3.19. The highest BCUT2D eigenvalue weighted by atomic mass is 19.4. The zero-order valence-electron chi connectivity index (χ0n) is 10.1. The molecule has 0 amide bonds. The maximum Gasteiger partial charge on any atom is 0.416 e.